The molecule has 3 N–H and O–H groups in total. The fourth-order valence-corrected chi connectivity index (χ4v) is 3.08. The fraction of sp³-hybridized carbons (Fsp3) is 0.500. The SMILES string of the molecule is CC1CCC(CN)CN1Cc1nc2ccccc2c(=O)[nH]1. The molecule has 0 amide bonds. The lowest BCUT2D eigenvalue weighted by atomic mass is 9.93. The van der Waals surface area contributed by atoms with Gasteiger partial charge in [0.2, 0.25) is 0 Å². The first-order chi connectivity index (χ1) is 10.2. The minimum Gasteiger partial charge on any atom is -0.330 e. The molecule has 1 aliphatic rings. The summed E-state index contributed by atoms with van der Waals surface area (Å²) in [5.74, 6) is 1.29. The maximum Gasteiger partial charge on any atom is 0.258 e. The first kappa shape index (κ1) is 14.2. The number of piperidine rings is 1. The summed E-state index contributed by atoms with van der Waals surface area (Å²) in [5.41, 5.74) is 6.50. The maximum atomic E-state index is 12.1. The zero-order valence-electron chi connectivity index (χ0n) is 12.4. The van der Waals surface area contributed by atoms with E-state index in [9.17, 15) is 4.79 Å². The maximum absolute atomic E-state index is 12.1. The van der Waals surface area contributed by atoms with Crippen LogP contribution in [0.2, 0.25) is 0 Å². The molecule has 0 aliphatic carbocycles. The number of likely N-dealkylation sites (tertiary alicyclic amines) is 1. The van der Waals surface area contributed by atoms with Crippen molar-refractivity contribution in [2.45, 2.75) is 32.4 Å². The van der Waals surface area contributed by atoms with Crippen LogP contribution in [0, 0.1) is 5.92 Å². The van der Waals surface area contributed by atoms with Gasteiger partial charge in [-0.15, -0.1) is 0 Å². The van der Waals surface area contributed by atoms with Crippen molar-refractivity contribution in [3.05, 3.63) is 40.4 Å². The summed E-state index contributed by atoms with van der Waals surface area (Å²) in [6.07, 6.45) is 2.34. The average Bonchev–Trinajstić information content (AvgIpc) is 2.49. The van der Waals surface area contributed by atoms with Crippen LogP contribution in [0.15, 0.2) is 29.1 Å². The van der Waals surface area contributed by atoms with Gasteiger partial charge in [-0.3, -0.25) is 9.69 Å². The van der Waals surface area contributed by atoms with E-state index < -0.39 is 0 Å². The van der Waals surface area contributed by atoms with Gasteiger partial charge in [-0.2, -0.15) is 0 Å². The Balaban J connectivity index is 1.85. The van der Waals surface area contributed by atoms with Crippen LogP contribution in [0.4, 0.5) is 0 Å². The van der Waals surface area contributed by atoms with Crippen LogP contribution in [-0.4, -0.2) is 34.0 Å². The van der Waals surface area contributed by atoms with E-state index in [0.717, 1.165) is 30.9 Å². The summed E-state index contributed by atoms with van der Waals surface area (Å²) in [4.78, 5) is 22.0. The van der Waals surface area contributed by atoms with E-state index in [1.807, 2.05) is 18.2 Å². The summed E-state index contributed by atoms with van der Waals surface area (Å²) in [7, 11) is 0. The van der Waals surface area contributed by atoms with Gasteiger partial charge in [-0.25, -0.2) is 4.98 Å². The van der Waals surface area contributed by atoms with Crippen LogP contribution < -0.4 is 11.3 Å². The molecule has 1 aromatic heterocycles. The summed E-state index contributed by atoms with van der Waals surface area (Å²) in [5, 5.41) is 0.646. The van der Waals surface area contributed by atoms with E-state index in [4.69, 9.17) is 5.73 Å². The van der Waals surface area contributed by atoms with E-state index in [2.05, 4.69) is 21.8 Å². The number of benzene rings is 1. The number of fused-ring (bicyclic) bond motifs is 1. The highest BCUT2D eigenvalue weighted by molar-refractivity contribution is 5.77. The molecule has 112 valence electrons. The van der Waals surface area contributed by atoms with Crippen molar-refractivity contribution in [3.63, 3.8) is 0 Å². The molecule has 21 heavy (non-hydrogen) atoms. The Morgan fingerprint density at radius 3 is 3.00 bits per heavy atom. The van der Waals surface area contributed by atoms with E-state index in [1.165, 1.54) is 6.42 Å². The number of para-hydroxylation sites is 1. The Kier molecular flexibility index (Phi) is 4.03. The van der Waals surface area contributed by atoms with Crippen molar-refractivity contribution < 1.29 is 0 Å². The highest BCUT2D eigenvalue weighted by Gasteiger charge is 2.25. The second-order valence-corrected chi connectivity index (χ2v) is 5.99. The number of aromatic nitrogens is 2. The minimum absolute atomic E-state index is 0.0596. The molecule has 1 saturated heterocycles. The lowest BCUT2D eigenvalue weighted by Crippen LogP contribution is -2.43. The lowest BCUT2D eigenvalue weighted by molar-refractivity contribution is 0.110. The Morgan fingerprint density at radius 2 is 2.19 bits per heavy atom. The van der Waals surface area contributed by atoms with Crippen molar-refractivity contribution in [1.29, 1.82) is 0 Å². The third kappa shape index (κ3) is 2.99. The number of hydrogen-bond donors (Lipinski definition) is 2. The van der Waals surface area contributed by atoms with Crippen molar-refractivity contribution >= 4 is 10.9 Å². The third-order valence-corrected chi connectivity index (χ3v) is 4.46. The van der Waals surface area contributed by atoms with Crippen LogP contribution in [0.3, 0.4) is 0 Å². The van der Waals surface area contributed by atoms with Gasteiger partial charge in [0.05, 0.1) is 17.4 Å². The molecule has 2 unspecified atom stereocenters. The molecule has 2 heterocycles. The number of hydrogen-bond acceptors (Lipinski definition) is 4. The van der Waals surface area contributed by atoms with E-state index in [-0.39, 0.29) is 5.56 Å². The molecule has 0 radical (unpaired) electrons. The van der Waals surface area contributed by atoms with Crippen LogP contribution in [0.5, 0.6) is 0 Å². The van der Waals surface area contributed by atoms with E-state index in [1.54, 1.807) is 6.07 Å². The summed E-state index contributed by atoms with van der Waals surface area (Å²) in [6, 6.07) is 7.96. The smallest absolute Gasteiger partial charge is 0.258 e. The summed E-state index contributed by atoms with van der Waals surface area (Å²) in [6.45, 7) is 4.61. The van der Waals surface area contributed by atoms with Crippen molar-refractivity contribution in [3.8, 4) is 0 Å². The van der Waals surface area contributed by atoms with Crippen LogP contribution in [0.1, 0.15) is 25.6 Å². The van der Waals surface area contributed by atoms with Gasteiger partial charge >= 0.3 is 0 Å². The van der Waals surface area contributed by atoms with Gasteiger partial charge in [-0.05, 0) is 44.4 Å². The normalized spacial score (nSPS) is 23.5. The average molecular weight is 286 g/mol. The molecule has 3 rings (SSSR count). The molecule has 0 bridgehead atoms. The molecule has 1 fully saturated rings. The minimum atomic E-state index is -0.0596. The number of aromatic amines is 1. The Labute approximate surface area is 124 Å². The third-order valence-electron chi connectivity index (χ3n) is 4.46. The quantitative estimate of drug-likeness (QED) is 0.896. The van der Waals surface area contributed by atoms with Crippen LogP contribution >= 0.6 is 0 Å². The number of nitrogens with one attached hydrogen (secondary N) is 1. The van der Waals surface area contributed by atoms with E-state index in [0.29, 0.717) is 23.9 Å². The number of nitrogens with two attached hydrogens (primary N) is 1. The zero-order valence-corrected chi connectivity index (χ0v) is 12.4. The van der Waals surface area contributed by atoms with Crippen molar-refractivity contribution in [1.82, 2.24) is 14.9 Å². The Hall–Kier alpha value is -1.72. The molecular weight excluding hydrogens is 264 g/mol. The predicted octanol–water partition coefficient (Wildman–Crippen LogP) is 1.48. The van der Waals surface area contributed by atoms with Gasteiger partial charge in [0, 0.05) is 12.6 Å². The second kappa shape index (κ2) is 5.95. The van der Waals surface area contributed by atoms with Crippen LogP contribution in [0.25, 0.3) is 10.9 Å². The molecular formula is C16H22N4O. The highest BCUT2D eigenvalue weighted by Crippen LogP contribution is 2.22. The number of H-pyrrole nitrogens is 1. The standard InChI is InChI=1S/C16H22N4O/c1-11-6-7-12(8-17)9-20(11)10-15-18-14-5-3-2-4-13(14)16(21)19-15/h2-5,11-12H,6-10,17H2,1H3,(H,18,19,21). The fourth-order valence-electron chi connectivity index (χ4n) is 3.08. The Bertz CT molecular complexity index is 681. The summed E-state index contributed by atoms with van der Waals surface area (Å²) >= 11 is 0. The van der Waals surface area contributed by atoms with Gasteiger partial charge in [0.1, 0.15) is 5.82 Å². The van der Waals surface area contributed by atoms with Gasteiger partial charge < -0.3 is 10.7 Å². The predicted molar refractivity (Wildman–Crippen MR) is 84.0 cm³/mol. The lowest BCUT2D eigenvalue weighted by Gasteiger charge is -2.37. The van der Waals surface area contributed by atoms with Gasteiger partial charge in [0.25, 0.3) is 5.56 Å². The monoisotopic (exact) mass is 286 g/mol. The first-order valence-electron chi connectivity index (χ1n) is 7.59. The van der Waals surface area contributed by atoms with Crippen molar-refractivity contribution in [2.24, 2.45) is 11.7 Å². The molecule has 5 nitrogen and oxygen atoms in total. The van der Waals surface area contributed by atoms with Gasteiger partial charge in [0.15, 0.2) is 0 Å². The molecule has 2 atom stereocenters. The van der Waals surface area contributed by atoms with Gasteiger partial charge in [-0.1, -0.05) is 12.1 Å². The topological polar surface area (TPSA) is 75.0 Å². The molecule has 0 saturated carbocycles. The molecule has 1 aromatic carbocycles. The second-order valence-electron chi connectivity index (χ2n) is 5.99. The molecule has 2 aromatic rings. The molecule has 5 heteroatoms. The van der Waals surface area contributed by atoms with Crippen LogP contribution in [-0.2, 0) is 6.54 Å². The highest BCUT2D eigenvalue weighted by atomic mass is 16.1. The molecule has 0 spiro atoms. The largest absolute Gasteiger partial charge is 0.330 e. The zero-order chi connectivity index (χ0) is 14.8. The summed E-state index contributed by atoms with van der Waals surface area (Å²) < 4.78 is 0. The van der Waals surface area contributed by atoms with Crippen molar-refractivity contribution in [2.75, 3.05) is 13.1 Å². The Morgan fingerprint density at radius 1 is 1.38 bits per heavy atom. The molecule has 1 aliphatic heterocycles. The van der Waals surface area contributed by atoms with E-state index >= 15 is 0 Å². The first-order valence-corrected chi connectivity index (χ1v) is 7.59. The number of rotatable bonds is 3. The number of nitrogens with zero attached hydrogens (tertiary/aromatic N) is 2.